The van der Waals surface area contributed by atoms with Gasteiger partial charge in [-0.1, -0.05) is 0 Å². The zero-order valence-corrected chi connectivity index (χ0v) is 12.0. The van der Waals surface area contributed by atoms with Gasteiger partial charge in [0.2, 0.25) is 0 Å². The van der Waals surface area contributed by atoms with Gasteiger partial charge >= 0.3 is 6.18 Å². The molecule has 1 unspecified atom stereocenters. The summed E-state index contributed by atoms with van der Waals surface area (Å²) in [6, 6.07) is 0. The summed E-state index contributed by atoms with van der Waals surface area (Å²) in [7, 11) is 1.47. The number of hydrogen-bond acceptors (Lipinski definition) is 5. The molecule has 0 aliphatic carbocycles. The second kappa shape index (κ2) is 7.04. The molecule has 114 valence electrons. The van der Waals surface area contributed by atoms with E-state index >= 15 is 0 Å². The van der Waals surface area contributed by atoms with E-state index in [4.69, 9.17) is 9.84 Å². The summed E-state index contributed by atoms with van der Waals surface area (Å²) >= 11 is 2.98. The number of nitrogens with zero attached hydrogens (tertiary/aromatic N) is 2. The number of aliphatic hydroxyl groups excluding tert-OH is 1. The molecule has 0 amide bonds. The predicted molar refractivity (Wildman–Crippen MR) is 68.6 cm³/mol. The molecule has 0 fully saturated rings. The average molecular weight is 360 g/mol. The first-order valence-corrected chi connectivity index (χ1v) is 6.30. The molecule has 6 nitrogen and oxygen atoms in total. The Bertz CT molecular complexity index is 507. The standard InChI is InChI=1S/C10H13BrF3N3O3/c1-20-3-2-17-9(19)8(11)6(4-16-17)15-5-7(18)10(12,13)14/h4,7,15,18H,2-3,5H2,1H3. The summed E-state index contributed by atoms with van der Waals surface area (Å²) in [5.74, 6) is 0. The number of aliphatic hydroxyl groups is 1. The normalized spacial score (nSPS) is 13.3. The van der Waals surface area contributed by atoms with Crippen molar-refractivity contribution >= 4 is 21.6 Å². The number of nitrogens with one attached hydrogen (secondary N) is 1. The molecule has 1 atom stereocenters. The number of alkyl halides is 3. The lowest BCUT2D eigenvalue weighted by Crippen LogP contribution is -2.35. The van der Waals surface area contributed by atoms with E-state index in [0.29, 0.717) is 0 Å². The predicted octanol–water partition coefficient (Wildman–Crippen LogP) is 0.987. The van der Waals surface area contributed by atoms with Gasteiger partial charge in [-0.25, -0.2) is 4.68 Å². The summed E-state index contributed by atoms with van der Waals surface area (Å²) in [4.78, 5) is 11.8. The minimum absolute atomic E-state index is 0.0398. The summed E-state index contributed by atoms with van der Waals surface area (Å²) in [6.07, 6.45) is -6.05. The number of ether oxygens (including phenoxy) is 1. The van der Waals surface area contributed by atoms with Crippen LogP contribution in [0.5, 0.6) is 0 Å². The smallest absolute Gasteiger partial charge is 0.383 e. The Morgan fingerprint density at radius 3 is 2.80 bits per heavy atom. The minimum atomic E-state index is -4.72. The molecule has 0 bridgehead atoms. The molecular weight excluding hydrogens is 347 g/mol. The summed E-state index contributed by atoms with van der Waals surface area (Å²) in [5, 5.41) is 15.0. The molecule has 0 aliphatic heterocycles. The van der Waals surface area contributed by atoms with Crippen LogP contribution in [0.3, 0.4) is 0 Å². The topological polar surface area (TPSA) is 76.4 Å². The molecule has 0 spiro atoms. The van der Waals surface area contributed by atoms with Crippen molar-refractivity contribution in [2.75, 3.05) is 25.6 Å². The Hall–Kier alpha value is -1.13. The van der Waals surface area contributed by atoms with Crippen LogP contribution in [-0.4, -0.2) is 47.4 Å². The Labute approximate surface area is 120 Å². The Balaban J connectivity index is 2.78. The van der Waals surface area contributed by atoms with Gasteiger partial charge in [0.15, 0.2) is 6.10 Å². The molecular formula is C10H13BrF3N3O3. The highest BCUT2D eigenvalue weighted by atomic mass is 79.9. The highest BCUT2D eigenvalue weighted by molar-refractivity contribution is 9.10. The molecule has 0 saturated carbocycles. The third-order valence-corrected chi connectivity index (χ3v) is 3.12. The summed E-state index contributed by atoms with van der Waals surface area (Å²) in [6.45, 7) is -0.274. The highest BCUT2D eigenvalue weighted by Crippen LogP contribution is 2.21. The number of halogens is 4. The fraction of sp³-hybridized carbons (Fsp3) is 0.600. The highest BCUT2D eigenvalue weighted by Gasteiger charge is 2.37. The maximum absolute atomic E-state index is 12.1. The molecule has 1 aromatic rings. The van der Waals surface area contributed by atoms with E-state index in [9.17, 15) is 18.0 Å². The second-order valence-electron chi connectivity index (χ2n) is 3.83. The molecule has 0 aliphatic rings. The van der Waals surface area contributed by atoms with Crippen LogP contribution >= 0.6 is 15.9 Å². The molecule has 1 heterocycles. The van der Waals surface area contributed by atoms with Crippen LogP contribution in [0, 0.1) is 0 Å². The van der Waals surface area contributed by atoms with Gasteiger partial charge in [-0.05, 0) is 15.9 Å². The van der Waals surface area contributed by atoms with Crippen LogP contribution in [0.1, 0.15) is 0 Å². The van der Waals surface area contributed by atoms with Crippen molar-refractivity contribution < 1.29 is 23.0 Å². The van der Waals surface area contributed by atoms with Gasteiger partial charge in [0, 0.05) is 13.7 Å². The van der Waals surface area contributed by atoms with Gasteiger partial charge in [-0.15, -0.1) is 0 Å². The average Bonchev–Trinajstić information content (AvgIpc) is 2.38. The molecule has 0 radical (unpaired) electrons. The molecule has 1 rings (SSSR count). The third-order valence-electron chi connectivity index (χ3n) is 2.36. The lowest BCUT2D eigenvalue weighted by molar-refractivity contribution is -0.198. The summed E-state index contributed by atoms with van der Waals surface area (Å²) < 4.78 is 42.4. The van der Waals surface area contributed by atoms with E-state index in [0.717, 1.165) is 4.68 Å². The van der Waals surface area contributed by atoms with Crippen LogP contribution < -0.4 is 10.9 Å². The SMILES string of the molecule is COCCn1ncc(NCC(O)C(F)(F)F)c(Br)c1=O. The fourth-order valence-electron chi connectivity index (χ4n) is 1.25. The first-order valence-electron chi connectivity index (χ1n) is 5.50. The maximum atomic E-state index is 12.1. The van der Waals surface area contributed by atoms with Crippen LogP contribution in [-0.2, 0) is 11.3 Å². The molecule has 10 heteroatoms. The van der Waals surface area contributed by atoms with E-state index < -0.39 is 24.4 Å². The Morgan fingerprint density at radius 2 is 2.25 bits per heavy atom. The fourth-order valence-corrected chi connectivity index (χ4v) is 1.69. The van der Waals surface area contributed by atoms with Crippen molar-refractivity contribution in [2.24, 2.45) is 0 Å². The first-order chi connectivity index (χ1) is 9.27. The second-order valence-corrected chi connectivity index (χ2v) is 4.62. The maximum Gasteiger partial charge on any atom is 0.416 e. The van der Waals surface area contributed by atoms with E-state index in [1.165, 1.54) is 13.3 Å². The lowest BCUT2D eigenvalue weighted by atomic mass is 10.3. The zero-order chi connectivity index (χ0) is 15.3. The van der Waals surface area contributed by atoms with Crippen molar-refractivity contribution in [3.8, 4) is 0 Å². The van der Waals surface area contributed by atoms with Gasteiger partial charge in [0.1, 0.15) is 4.47 Å². The van der Waals surface area contributed by atoms with E-state index in [2.05, 4.69) is 26.3 Å². The number of rotatable bonds is 6. The van der Waals surface area contributed by atoms with Gasteiger partial charge < -0.3 is 15.2 Å². The van der Waals surface area contributed by atoms with Crippen LogP contribution in [0.25, 0.3) is 0 Å². The van der Waals surface area contributed by atoms with Crippen LogP contribution in [0.15, 0.2) is 15.5 Å². The van der Waals surface area contributed by atoms with E-state index in [1.807, 2.05) is 0 Å². The number of aromatic nitrogens is 2. The molecule has 2 N–H and O–H groups in total. The van der Waals surface area contributed by atoms with Gasteiger partial charge in [0.25, 0.3) is 5.56 Å². The third kappa shape index (κ3) is 4.46. The number of anilines is 1. The first kappa shape index (κ1) is 16.9. The van der Waals surface area contributed by atoms with E-state index in [1.54, 1.807) is 0 Å². The number of methoxy groups -OCH3 is 1. The van der Waals surface area contributed by atoms with Crippen molar-refractivity contribution in [3.63, 3.8) is 0 Å². The number of hydrogen-bond donors (Lipinski definition) is 2. The molecule has 0 aromatic carbocycles. The minimum Gasteiger partial charge on any atom is -0.383 e. The van der Waals surface area contributed by atoms with Crippen LogP contribution in [0.2, 0.25) is 0 Å². The van der Waals surface area contributed by atoms with Gasteiger partial charge in [-0.2, -0.15) is 18.3 Å². The molecule has 20 heavy (non-hydrogen) atoms. The van der Waals surface area contributed by atoms with E-state index in [-0.39, 0.29) is 23.3 Å². The Kier molecular flexibility index (Phi) is 5.96. The van der Waals surface area contributed by atoms with Gasteiger partial charge in [0.05, 0.1) is 25.0 Å². The monoisotopic (exact) mass is 359 g/mol. The molecule has 0 saturated heterocycles. The summed E-state index contributed by atoms with van der Waals surface area (Å²) in [5.41, 5.74) is -0.430. The van der Waals surface area contributed by atoms with Crippen molar-refractivity contribution in [3.05, 3.63) is 21.0 Å². The van der Waals surface area contributed by atoms with Crippen molar-refractivity contribution in [1.29, 1.82) is 0 Å². The lowest BCUT2D eigenvalue weighted by Gasteiger charge is -2.16. The van der Waals surface area contributed by atoms with Crippen molar-refractivity contribution in [2.45, 2.75) is 18.8 Å². The van der Waals surface area contributed by atoms with Crippen molar-refractivity contribution in [1.82, 2.24) is 9.78 Å². The Morgan fingerprint density at radius 1 is 1.60 bits per heavy atom. The largest absolute Gasteiger partial charge is 0.416 e. The molecule has 1 aromatic heterocycles. The van der Waals surface area contributed by atoms with Gasteiger partial charge in [-0.3, -0.25) is 4.79 Å². The van der Waals surface area contributed by atoms with Crippen LogP contribution in [0.4, 0.5) is 18.9 Å². The quantitative estimate of drug-likeness (QED) is 0.791. The zero-order valence-electron chi connectivity index (χ0n) is 10.4.